The van der Waals surface area contributed by atoms with Gasteiger partial charge < -0.3 is 14.8 Å². The Balaban J connectivity index is 1.19. The Morgan fingerprint density at radius 1 is 1.04 bits per heavy atom. The molecule has 5 aromatic rings. The summed E-state index contributed by atoms with van der Waals surface area (Å²) in [5, 5.41) is 7.37. The molecule has 0 bridgehead atoms. The molecule has 48 heavy (non-hydrogen) atoms. The molecule has 7 rings (SSSR count). The first kappa shape index (κ1) is 31.5. The van der Waals surface area contributed by atoms with E-state index in [4.69, 9.17) is 0 Å². The summed E-state index contributed by atoms with van der Waals surface area (Å²) in [4.78, 5) is 49.9. The number of pyridine rings is 1. The standard InChI is InChI=1S/C34H31F4N7O3/c1-17-5-6-26(34(36,37)38)40-31(17)41-32(48)25-10-33(4)11-27(33)45(25)29(47)16-43-15-24(19(3)46)23-8-20(7-18(2)30(23)43)21-13-39-28-9-22(12-35)42-44(28)14-21/h5-9,13-15,25,27H,10-12,16H2,1-4H3,(H,40,41,48)/t25-,27?,33-/m0/s1. The minimum atomic E-state index is -4.68. The van der Waals surface area contributed by atoms with E-state index < -0.39 is 30.5 Å². The number of aromatic nitrogens is 5. The Morgan fingerprint density at radius 3 is 2.52 bits per heavy atom. The number of likely N-dealkylation sites (tertiary alicyclic amines) is 1. The average Bonchev–Trinajstić information content (AvgIpc) is 3.32. The van der Waals surface area contributed by atoms with Crippen LogP contribution in [-0.2, 0) is 29.0 Å². The maximum atomic E-state index is 14.0. The van der Waals surface area contributed by atoms with Crippen LogP contribution in [-0.4, -0.2) is 58.7 Å². The van der Waals surface area contributed by atoms with E-state index in [2.05, 4.69) is 20.4 Å². The maximum Gasteiger partial charge on any atom is 0.433 e. The first-order chi connectivity index (χ1) is 22.7. The summed E-state index contributed by atoms with van der Waals surface area (Å²) in [5.41, 5.74) is 3.04. The molecule has 1 saturated heterocycles. The fraction of sp³-hybridized carbons (Fsp3) is 0.353. The number of hydrogen-bond acceptors (Lipinski definition) is 6. The predicted octanol–water partition coefficient (Wildman–Crippen LogP) is 6.07. The van der Waals surface area contributed by atoms with Gasteiger partial charge in [0.25, 0.3) is 0 Å². The van der Waals surface area contributed by atoms with Crippen LogP contribution in [0.5, 0.6) is 0 Å². The molecular formula is C34H31F4N7O3. The number of rotatable bonds is 7. The molecule has 1 aliphatic heterocycles. The monoisotopic (exact) mass is 661 g/mol. The lowest BCUT2D eigenvalue weighted by molar-refractivity contribution is -0.141. The van der Waals surface area contributed by atoms with Crippen molar-refractivity contribution in [3.05, 3.63) is 77.0 Å². The predicted molar refractivity (Wildman–Crippen MR) is 168 cm³/mol. The summed E-state index contributed by atoms with van der Waals surface area (Å²) >= 11 is 0. The molecule has 4 aromatic heterocycles. The fourth-order valence-electron chi connectivity index (χ4n) is 6.97. The largest absolute Gasteiger partial charge is 0.433 e. The van der Waals surface area contributed by atoms with Gasteiger partial charge in [-0.15, -0.1) is 0 Å². The second-order valence-electron chi connectivity index (χ2n) is 13.1. The van der Waals surface area contributed by atoms with E-state index in [1.54, 1.807) is 36.1 Å². The topological polar surface area (TPSA) is 114 Å². The number of fused-ring (bicyclic) bond motifs is 3. The van der Waals surface area contributed by atoms with Crippen molar-refractivity contribution in [1.29, 1.82) is 0 Å². The molecule has 10 nitrogen and oxygen atoms in total. The fourth-order valence-corrected chi connectivity index (χ4v) is 6.97. The van der Waals surface area contributed by atoms with Crippen LogP contribution in [0.15, 0.2) is 48.9 Å². The minimum Gasteiger partial charge on any atom is -0.337 e. The molecule has 248 valence electrons. The van der Waals surface area contributed by atoms with Gasteiger partial charge in [-0.1, -0.05) is 13.0 Å². The molecule has 1 aliphatic carbocycles. The number of Topliss-reactive ketones (excluding diaryl/α,β-unsaturated/α-hetero) is 1. The first-order valence-corrected chi connectivity index (χ1v) is 15.4. The summed E-state index contributed by atoms with van der Waals surface area (Å²) in [6.07, 6.45) is 1.41. The Labute approximate surface area is 271 Å². The van der Waals surface area contributed by atoms with E-state index >= 15 is 0 Å². The van der Waals surface area contributed by atoms with Crippen molar-refractivity contribution >= 4 is 40.0 Å². The lowest BCUT2D eigenvalue weighted by Crippen LogP contribution is -2.46. The van der Waals surface area contributed by atoms with E-state index in [9.17, 15) is 31.9 Å². The van der Waals surface area contributed by atoms with Gasteiger partial charge in [-0.3, -0.25) is 14.4 Å². The van der Waals surface area contributed by atoms with Gasteiger partial charge in [0.2, 0.25) is 11.8 Å². The van der Waals surface area contributed by atoms with Crippen LogP contribution < -0.4 is 5.32 Å². The summed E-state index contributed by atoms with van der Waals surface area (Å²) in [6.45, 7) is 5.97. The number of aryl methyl sites for hydroxylation is 2. The zero-order valence-electron chi connectivity index (χ0n) is 26.5. The Morgan fingerprint density at radius 2 is 1.81 bits per heavy atom. The van der Waals surface area contributed by atoms with Crippen LogP contribution in [0.2, 0.25) is 0 Å². The molecule has 1 unspecified atom stereocenters. The second-order valence-corrected chi connectivity index (χ2v) is 13.1. The van der Waals surface area contributed by atoms with Gasteiger partial charge in [-0.25, -0.2) is 18.9 Å². The Bertz CT molecular complexity index is 2170. The van der Waals surface area contributed by atoms with Crippen molar-refractivity contribution in [1.82, 2.24) is 29.0 Å². The van der Waals surface area contributed by atoms with E-state index in [0.717, 1.165) is 17.2 Å². The summed E-state index contributed by atoms with van der Waals surface area (Å²) in [5.74, 6) is -1.35. The number of carbonyl (C=O) groups is 3. The third-order valence-electron chi connectivity index (χ3n) is 9.54. The van der Waals surface area contributed by atoms with Crippen molar-refractivity contribution in [2.75, 3.05) is 5.32 Å². The van der Waals surface area contributed by atoms with Crippen LogP contribution in [0.1, 0.15) is 59.6 Å². The van der Waals surface area contributed by atoms with E-state index in [-0.39, 0.29) is 41.2 Å². The molecule has 0 spiro atoms. The quantitative estimate of drug-likeness (QED) is 0.167. The zero-order chi connectivity index (χ0) is 34.3. The van der Waals surface area contributed by atoms with Crippen molar-refractivity contribution in [2.24, 2.45) is 5.41 Å². The third kappa shape index (κ3) is 5.28. The Kier molecular flexibility index (Phi) is 7.18. The molecule has 2 amide bonds. The summed E-state index contributed by atoms with van der Waals surface area (Å²) in [7, 11) is 0. The number of piperidine rings is 1. The van der Waals surface area contributed by atoms with Crippen molar-refractivity contribution in [3.63, 3.8) is 0 Å². The number of hydrogen-bond donors (Lipinski definition) is 1. The van der Waals surface area contributed by atoms with Crippen LogP contribution in [0.25, 0.3) is 27.7 Å². The summed E-state index contributed by atoms with van der Waals surface area (Å²) in [6, 6.07) is 6.31. The maximum absolute atomic E-state index is 14.0. The SMILES string of the molecule is CC(=O)c1cn(CC(=O)N2C3C[C@]3(C)C[C@H]2C(=O)Nc2nc(C(F)(F)F)ccc2C)c2c(C)cc(-c3cnc4cc(CF)nn4c3)cc12. The second kappa shape index (κ2) is 11.0. The molecule has 2 fully saturated rings. The van der Waals surface area contributed by atoms with Gasteiger partial charge in [-0.05, 0) is 73.9 Å². The van der Waals surface area contributed by atoms with E-state index in [1.807, 2.05) is 26.0 Å². The van der Waals surface area contributed by atoms with Gasteiger partial charge >= 0.3 is 6.18 Å². The van der Waals surface area contributed by atoms with Crippen LogP contribution >= 0.6 is 0 Å². The van der Waals surface area contributed by atoms with E-state index in [0.29, 0.717) is 46.1 Å². The smallest absolute Gasteiger partial charge is 0.337 e. The van der Waals surface area contributed by atoms with Crippen LogP contribution in [0.4, 0.5) is 23.4 Å². The van der Waals surface area contributed by atoms with Crippen LogP contribution in [0.3, 0.4) is 0 Å². The zero-order valence-corrected chi connectivity index (χ0v) is 26.5. The highest BCUT2D eigenvalue weighted by Gasteiger charge is 2.64. The molecule has 1 saturated carbocycles. The first-order valence-electron chi connectivity index (χ1n) is 15.4. The molecule has 0 radical (unpaired) electrons. The molecular weight excluding hydrogens is 630 g/mol. The number of benzene rings is 1. The number of halogens is 4. The molecule has 1 aromatic carbocycles. The van der Waals surface area contributed by atoms with Gasteiger partial charge in [-0.2, -0.15) is 18.3 Å². The number of amides is 2. The molecule has 5 heterocycles. The molecule has 1 N–H and O–H groups in total. The number of carbonyl (C=O) groups excluding carboxylic acids is 3. The lowest BCUT2D eigenvalue weighted by atomic mass is 10.0. The summed E-state index contributed by atoms with van der Waals surface area (Å²) < 4.78 is 56.3. The highest BCUT2D eigenvalue weighted by Crippen LogP contribution is 2.59. The van der Waals surface area contributed by atoms with E-state index in [1.165, 1.54) is 22.4 Å². The highest BCUT2D eigenvalue weighted by molar-refractivity contribution is 6.09. The van der Waals surface area contributed by atoms with Crippen LogP contribution in [0, 0.1) is 19.3 Å². The van der Waals surface area contributed by atoms with Gasteiger partial charge in [0.15, 0.2) is 11.4 Å². The average molecular weight is 662 g/mol. The van der Waals surface area contributed by atoms with Gasteiger partial charge in [0, 0.05) is 47.2 Å². The number of nitrogens with one attached hydrogen (secondary N) is 1. The molecule has 2 aliphatic rings. The lowest BCUT2D eigenvalue weighted by Gasteiger charge is -2.27. The Hall–Kier alpha value is -5.14. The van der Waals surface area contributed by atoms with Gasteiger partial charge in [0.05, 0.1) is 11.2 Å². The van der Waals surface area contributed by atoms with Crippen molar-refractivity contribution < 1.29 is 31.9 Å². The number of ketones is 1. The minimum absolute atomic E-state index is 0.159. The van der Waals surface area contributed by atoms with Gasteiger partial charge in [0.1, 0.15) is 30.8 Å². The molecule has 3 atom stereocenters. The number of nitrogens with zero attached hydrogens (tertiary/aromatic N) is 6. The van der Waals surface area contributed by atoms with Crippen molar-refractivity contribution in [2.45, 2.75) is 72.0 Å². The highest BCUT2D eigenvalue weighted by atomic mass is 19.4. The third-order valence-corrected chi connectivity index (χ3v) is 9.54. The normalized spacial score (nSPS) is 20.4. The van der Waals surface area contributed by atoms with Crippen molar-refractivity contribution in [3.8, 4) is 11.1 Å². The number of alkyl halides is 4. The number of anilines is 1. The molecule has 14 heteroatoms.